The van der Waals surface area contributed by atoms with Crippen LogP contribution in [0.25, 0.3) is 0 Å². The predicted molar refractivity (Wildman–Crippen MR) is 76.2 cm³/mol. The number of nitriles is 1. The summed E-state index contributed by atoms with van der Waals surface area (Å²) in [6.45, 7) is 1.73. The number of nitrogens with zero attached hydrogens (tertiary/aromatic N) is 2. The van der Waals surface area contributed by atoms with E-state index in [4.69, 9.17) is 15.1 Å². The van der Waals surface area contributed by atoms with Crippen molar-refractivity contribution in [2.45, 2.75) is 13.3 Å². The first kappa shape index (κ1) is 16.3. The molecule has 0 saturated heterocycles. The summed E-state index contributed by atoms with van der Waals surface area (Å²) in [5.41, 5.74) is 0.480. The van der Waals surface area contributed by atoms with Crippen LogP contribution in [-0.4, -0.2) is 42.2 Å². The number of hydrogen-bond donors (Lipinski definition) is 2. The van der Waals surface area contributed by atoms with Crippen LogP contribution >= 0.6 is 0 Å². The van der Waals surface area contributed by atoms with Crippen molar-refractivity contribution in [1.82, 2.24) is 4.90 Å². The summed E-state index contributed by atoms with van der Waals surface area (Å²) in [5, 5.41) is 20.4. The van der Waals surface area contributed by atoms with E-state index < -0.39 is 18.5 Å². The molecule has 0 unspecified atom stereocenters. The zero-order chi connectivity index (χ0) is 15.8. The van der Waals surface area contributed by atoms with Crippen LogP contribution in [-0.2, 0) is 4.79 Å². The van der Waals surface area contributed by atoms with Crippen molar-refractivity contribution in [2.75, 3.05) is 25.5 Å². The Morgan fingerprint density at radius 3 is 2.71 bits per heavy atom. The van der Waals surface area contributed by atoms with Gasteiger partial charge in [0.2, 0.25) is 0 Å². The summed E-state index contributed by atoms with van der Waals surface area (Å²) >= 11 is 0. The van der Waals surface area contributed by atoms with Crippen LogP contribution in [0.15, 0.2) is 18.2 Å². The van der Waals surface area contributed by atoms with E-state index in [1.807, 2.05) is 13.0 Å². The highest BCUT2D eigenvalue weighted by Crippen LogP contribution is 2.28. The van der Waals surface area contributed by atoms with Crippen molar-refractivity contribution < 1.29 is 19.4 Å². The molecule has 0 aromatic heterocycles. The Balaban J connectivity index is 3.00. The fourth-order valence-corrected chi connectivity index (χ4v) is 1.79. The maximum absolute atomic E-state index is 12.2. The zero-order valence-corrected chi connectivity index (χ0v) is 11.9. The summed E-state index contributed by atoms with van der Waals surface area (Å²) in [5.74, 6) is -0.756. The van der Waals surface area contributed by atoms with Crippen molar-refractivity contribution in [3.8, 4) is 11.8 Å². The Kier molecular flexibility index (Phi) is 6.01. The molecule has 0 saturated carbocycles. The second-order valence-electron chi connectivity index (χ2n) is 4.24. The topological polar surface area (TPSA) is 103 Å². The van der Waals surface area contributed by atoms with E-state index in [9.17, 15) is 9.59 Å². The molecule has 1 aromatic rings. The van der Waals surface area contributed by atoms with Gasteiger partial charge in [-0.15, -0.1) is 0 Å². The number of carbonyl (C=O) groups is 2. The molecule has 0 fully saturated rings. The van der Waals surface area contributed by atoms with Crippen molar-refractivity contribution >= 4 is 17.7 Å². The number of hydrogen-bond acceptors (Lipinski definition) is 4. The van der Waals surface area contributed by atoms with Crippen LogP contribution in [0.1, 0.15) is 18.9 Å². The van der Waals surface area contributed by atoms with Gasteiger partial charge in [0.15, 0.2) is 0 Å². The van der Waals surface area contributed by atoms with E-state index in [0.29, 0.717) is 18.7 Å². The van der Waals surface area contributed by atoms with Crippen LogP contribution < -0.4 is 10.1 Å². The number of methoxy groups -OCH3 is 1. The van der Waals surface area contributed by atoms with Gasteiger partial charge in [-0.25, -0.2) is 4.79 Å². The Labute approximate surface area is 122 Å². The third kappa shape index (κ3) is 4.38. The maximum atomic E-state index is 12.2. The first-order chi connectivity index (χ1) is 10.0. The molecule has 2 N–H and O–H groups in total. The normalized spacial score (nSPS) is 9.57. The number of carboxylic acid groups (broad SMARTS) is 1. The Morgan fingerprint density at radius 2 is 2.19 bits per heavy atom. The number of anilines is 1. The number of aliphatic carboxylic acids is 1. The number of para-hydroxylation sites is 1. The molecule has 7 heteroatoms. The third-order valence-electron chi connectivity index (χ3n) is 2.71. The summed E-state index contributed by atoms with van der Waals surface area (Å²) < 4.78 is 5.11. The first-order valence-corrected chi connectivity index (χ1v) is 6.38. The lowest BCUT2D eigenvalue weighted by Crippen LogP contribution is -2.39. The Bertz CT molecular complexity index is 566. The number of benzene rings is 1. The smallest absolute Gasteiger partial charge is 0.323 e. The molecule has 1 aromatic carbocycles. The molecule has 0 aliphatic rings. The van der Waals surface area contributed by atoms with Crippen LogP contribution in [0, 0.1) is 11.3 Å². The molecule has 0 aliphatic heterocycles. The quantitative estimate of drug-likeness (QED) is 0.833. The molecule has 1 rings (SSSR count). The predicted octanol–water partition coefficient (Wildman–Crippen LogP) is 1.90. The van der Waals surface area contributed by atoms with E-state index in [2.05, 4.69) is 5.32 Å². The van der Waals surface area contributed by atoms with E-state index in [0.717, 1.165) is 4.90 Å². The lowest BCUT2D eigenvalue weighted by molar-refractivity contribution is -0.137. The lowest BCUT2D eigenvalue weighted by Gasteiger charge is -2.21. The highest BCUT2D eigenvalue weighted by molar-refractivity contribution is 5.94. The molecule has 0 bridgehead atoms. The molecule has 2 amide bonds. The number of amides is 2. The van der Waals surface area contributed by atoms with Crippen molar-refractivity contribution in [1.29, 1.82) is 5.26 Å². The van der Waals surface area contributed by atoms with Gasteiger partial charge in [0.1, 0.15) is 24.1 Å². The number of rotatable bonds is 6. The molecule has 0 heterocycles. The summed E-state index contributed by atoms with van der Waals surface area (Å²) in [6.07, 6.45) is 0.623. The van der Waals surface area contributed by atoms with E-state index in [1.165, 1.54) is 7.11 Å². The first-order valence-electron chi connectivity index (χ1n) is 6.38. The van der Waals surface area contributed by atoms with Crippen LogP contribution in [0.2, 0.25) is 0 Å². The van der Waals surface area contributed by atoms with Gasteiger partial charge in [-0.3, -0.25) is 4.79 Å². The molecule has 0 atom stereocenters. The van der Waals surface area contributed by atoms with Crippen molar-refractivity contribution in [3.05, 3.63) is 23.8 Å². The van der Waals surface area contributed by atoms with Gasteiger partial charge in [0.05, 0.1) is 12.7 Å². The van der Waals surface area contributed by atoms with Gasteiger partial charge in [0, 0.05) is 6.54 Å². The standard InChI is InChI=1S/C14H17N3O4/c1-3-7-17(9-12(18)19)14(20)16-13-10(8-15)5-4-6-11(13)21-2/h4-6H,3,7,9H2,1-2H3,(H,16,20)(H,18,19). The Morgan fingerprint density at radius 1 is 1.48 bits per heavy atom. The van der Waals surface area contributed by atoms with Gasteiger partial charge >= 0.3 is 12.0 Å². The van der Waals surface area contributed by atoms with Crippen LogP contribution in [0.4, 0.5) is 10.5 Å². The molecule has 112 valence electrons. The highest BCUT2D eigenvalue weighted by atomic mass is 16.5. The minimum absolute atomic E-state index is 0.235. The van der Waals surface area contributed by atoms with Crippen LogP contribution in [0.5, 0.6) is 5.75 Å². The third-order valence-corrected chi connectivity index (χ3v) is 2.71. The summed E-state index contributed by atoms with van der Waals surface area (Å²) in [4.78, 5) is 24.1. The number of ether oxygens (including phenoxy) is 1. The average molecular weight is 291 g/mol. The molecule has 0 aliphatic carbocycles. The minimum Gasteiger partial charge on any atom is -0.495 e. The molecule has 0 radical (unpaired) electrons. The summed E-state index contributed by atoms with van der Waals surface area (Å²) in [6, 6.07) is 6.16. The van der Waals surface area contributed by atoms with Crippen molar-refractivity contribution in [2.24, 2.45) is 0 Å². The largest absolute Gasteiger partial charge is 0.495 e. The fraction of sp³-hybridized carbons (Fsp3) is 0.357. The second-order valence-corrected chi connectivity index (χ2v) is 4.24. The fourth-order valence-electron chi connectivity index (χ4n) is 1.79. The average Bonchev–Trinajstić information content (AvgIpc) is 2.46. The zero-order valence-electron chi connectivity index (χ0n) is 11.9. The molecular weight excluding hydrogens is 274 g/mol. The van der Waals surface area contributed by atoms with E-state index >= 15 is 0 Å². The number of urea groups is 1. The molecular formula is C14H17N3O4. The van der Waals surface area contributed by atoms with Crippen LogP contribution in [0.3, 0.4) is 0 Å². The minimum atomic E-state index is -1.10. The summed E-state index contributed by atoms with van der Waals surface area (Å²) in [7, 11) is 1.42. The number of nitrogens with one attached hydrogen (secondary N) is 1. The van der Waals surface area contributed by atoms with Gasteiger partial charge < -0.3 is 20.1 Å². The van der Waals surface area contributed by atoms with Crippen molar-refractivity contribution in [3.63, 3.8) is 0 Å². The molecule has 7 nitrogen and oxygen atoms in total. The molecule has 0 spiro atoms. The second kappa shape index (κ2) is 7.75. The lowest BCUT2D eigenvalue weighted by atomic mass is 10.2. The van der Waals surface area contributed by atoms with Gasteiger partial charge in [-0.05, 0) is 18.6 Å². The van der Waals surface area contributed by atoms with Gasteiger partial charge in [-0.2, -0.15) is 5.26 Å². The number of carboxylic acids is 1. The van der Waals surface area contributed by atoms with Gasteiger partial charge in [0.25, 0.3) is 0 Å². The SMILES string of the molecule is CCCN(CC(=O)O)C(=O)Nc1c(C#N)cccc1OC. The van der Waals surface area contributed by atoms with E-state index in [-0.39, 0.29) is 11.3 Å². The van der Waals surface area contributed by atoms with E-state index in [1.54, 1.807) is 18.2 Å². The maximum Gasteiger partial charge on any atom is 0.323 e. The molecule has 21 heavy (non-hydrogen) atoms. The van der Waals surface area contributed by atoms with Gasteiger partial charge in [-0.1, -0.05) is 13.0 Å². The monoisotopic (exact) mass is 291 g/mol. The highest BCUT2D eigenvalue weighted by Gasteiger charge is 2.19. The number of carbonyl (C=O) groups excluding carboxylic acids is 1. The Hall–Kier alpha value is -2.75.